The molecule has 2 aliphatic carbocycles. The smallest absolute Gasteiger partial charge is 0.109 e. The molecule has 0 amide bonds. The zero-order valence-corrected chi connectivity index (χ0v) is 19.4. The monoisotopic (exact) mass is 498 g/mol. The molecule has 0 fully saturated rings. The summed E-state index contributed by atoms with van der Waals surface area (Å²) < 4.78 is 0. The second-order valence-electron chi connectivity index (χ2n) is 4.13. The number of rotatable bonds is 0. The van der Waals surface area contributed by atoms with Gasteiger partial charge in [-0.15, -0.1) is 37.7 Å². The Morgan fingerprint density at radius 1 is 0.789 bits per heavy atom. The van der Waals surface area contributed by atoms with Crippen LogP contribution >= 0.6 is 24.8 Å². The first kappa shape index (κ1) is 24.8. The molecule has 0 atom stereocenters. The van der Waals surface area contributed by atoms with Gasteiger partial charge in [0.25, 0.3) is 0 Å². The van der Waals surface area contributed by atoms with E-state index in [-0.39, 0.29) is 45.0 Å². The molecule has 0 heterocycles. The first-order valence-corrected chi connectivity index (χ1v) is 21.7. The third-order valence-corrected chi connectivity index (χ3v) is 38.0. The van der Waals surface area contributed by atoms with E-state index >= 15 is 0 Å². The molecular weight excluding hydrogens is 474 g/mol. The Labute approximate surface area is 142 Å². The van der Waals surface area contributed by atoms with E-state index in [0.29, 0.717) is 11.0 Å². The van der Waals surface area contributed by atoms with Crippen LogP contribution in [0.15, 0.2) is 36.5 Å². The Kier molecular flexibility index (Phi) is 24.6. The van der Waals surface area contributed by atoms with Gasteiger partial charge in [-0.3, -0.25) is 12.2 Å². The summed E-state index contributed by atoms with van der Waals surface area (Å²) in [4.78, 5) is 0. The Balaban J connectivity index is -0.000000194. The van der Waals surface area contributed by atoms with Gasteiger partial charge in [-0.05, 0) is 0 Å². The number of allylic oxidation sites excluding steroid dienone is 8. The molecule has 2 rings (SSSR count). The van der Waals surface area contributed by atoms with Crippen molar-refractivity contribution in [2.24, 2.45) is 0 Å². The standard InChI is InChI=1S/2C5H5.2C2H6Si.2ClH.Hf/c2*1-2-4-5-3-1;2*1-3-2;;;/h2*1-3H,4H2;2*1-2H3;2*1H;/q2*-1;;;;;. The van der Waals surface area contributed by atoms with Crippen molar-refractivity contribution in [3.8, 4) is 0 Å². The van der Waals surface area contributed by atoms with Gasteiger partial charge in [0, 0.05) is 0 Å². The zero-order chi connectivity index (χ0) is 12.9. The second kappa shape index (κ2) is 18.8. The van der Waals surface area contributed by atoms with E-state index in [2.05, 4.69) is 50.5 Å². The zero-order valence-electron chi connectivity index (χ0n) is 12.2. The van der Waals surface area contributed by atoms with Crippen LogP contribution in [-0.2, 0) is 20.2 Å². The summed E-state index contributed by atoms with van der Waals surface area (Å²) in [5.41, 5.74) is 0.611. The summed E-state index contributed by atoms with van der Waals surface area (Å²) in [5.74, 6) is 0. The van der Waals surface area contributed by atoms with Gasteiger partial charge in [0.15, 0.2) is 0 Å². The van der Waals surface area contributed by atoms with Crippen LogP contribution in [-0.4, -0.2) is 11.0 Å². The van der Waals surface area contributed by atoms with E-state index in [1.807, 2.05) is 24.3 Å². The van der Waals surface area contributed by atoms with Crippen LogP contribution in [0.25, 0.3) is 0 Å². The van der Waals surface area contributed by atoms with Crippen molar-refractivity contribution in [2.75, 3.05) is 0 Å². The third kappa shape index (κ3) is 24.3. The van der Waals surface area contributed by atoms with Crippen LogP contribution in [0.4, 0.5) is 0 Å². The predicted octanol–water partition coefficient (Wildman–Crippen LogP) is 5.03. The Morgan fingerprint density at radius 2 is 1.16 bits per heavy atom. The van der Waals surface area contributed by atoms with E-state index in [0.717, 1.165) is 12.8 Å². The van der Waals surface area contributed by atoms with Gasteiger partial charge in [-0.25, -0.2) is 24.3 Å². The summed E-state index contributed by atoms with van der Waals surface area (Å²) in [6, 6.07) is 0. The minimum Gasteiger partial charge on any atom is -0.273 e. The van der Waals surface area contributed by atoms with Gasteiger partial charge in [-0.2, -0.15) is 12.2 Å². The number of halogens is 2. The average molecular weight is 498 g/mol. The number of hydrogen-bond donors (Lipinski definition) is 0. The van der Waals surface area contributed by atoms with Crippen molar-refractivity contribution < 1.29 is 20.2 Å². The molecule has 0 radical (unpaired) electrons. The molecule has 108 valence electrons. The van der Waals surface area contributed by atoms with E-state index in [1.54, 1.807) is 0 Å². The molecule has 0 saturated heterocycles. The van der Waals surface area contributed by atoms with E-state index < -0.39 is 0 Å². The van der Waals surface area contributed by atoms with Crippen molar-refractivity contribution in [1.82, 2.24) is 0 Å². The quantitative estimate of drug-likeness (QED) is 0.325. The van der Waals surface area contributed by atoms with Gasteiger partial charge in [0.2, 0.25) is 0 Å². The summed E-state index contributed by atoms with van der Waals surface area (Å²) in [6.45, 7) is 9.91. The molecule has 0 unspecified atom stereocenters. The summed E-state index contributed by atoms with van der Waals surface area (Å²) in [7, 11) is 0. The van der Waals surface area contributed by atoms with Crippen molar-refractivity contribution in [3.63, 3.8) is 0 Å². The molecule has 0 aromatic rings. The Bertz CT molecular complexity index is 328. The van der Waals surface area contributed by atoms with Crippen LogP contribution in [0.2, 0.25) is 26.2 Å². The van der Waals surface area contributed by atoms with Crippen molar-refractivity contribution in [2.45, 2.75) is 39.0 Å². The first-order chi connectivity index (χ1) is 8.13. The third-order valence-electron chi connectivity index (χ3n) is 1.67. The summed E-state index contributed by atoms with van der Waals surface area (Å²) in [5, 5.41) is 0. The topological polar surface area (TPSA) is 0 Å². The van der Waals surface area contributed by atoms with Crippen molar-refractivity contribution in [3.05, 3.63) is 48.6 Å². The van der Waals surface area contributed by atoms with Crippen LogP contribution in [0.3, 0.4) is 0 Å². The molecule has 5 heteroatoms. The predicted molar refractivity (Wildman–Crippen MR) is 92.6 cm³/mol. The first-order valence-electron chi connectivity index (χ1n) is 5.93. The normalized spacial score (nSPS) is 12.0. The minimum atomic E-state index is 0. The number of hydrogen-bond acceptors (Lipinski definition) is 0. The summed E-state index contributed by atoms with van der Waals surface area (Å²) >= 11 is 0.0525. The molecule has 19 heavy (non-hydrogen) atoms. The fourth-order valence-corrected chi connectivity index (χ4v) is 37.5. The molecule has 0 aromatic carbocycles. The van der Waals surface area contributed by atoms with E-state index in [4.69, 9.17) is 0 Å². The molecule has 0 aromatic heterocycles. The average Bonchev–Trinajstić information content (AvgIpc) is 2.96. The van der Waals surface area contributed by atoms with Gasteiger partial charge < -0.3 is 0 Å². The fraction of sp³-hybridized carbons (Fsp3) is 0.429. The molecule has 0 saturated carbocycles. The molecule has 0 aliphatic heterocycles. The molecule has 0 N–H and O–H groups in total. The maximum absolute atomic E-state index is 2.99. The maximum atomic E-state index is 2.99. The van der Waals surface area contributed by atoms with Gasteiger partial charge in [0.05, 0.1) is 0 Å². The van der Waals surface area contributed by atoms with Crippen LogP contribution in [0.1, 0.15) is 12.8 Å². The summed E-state index contributed by atoms with van der Waals surface area (Å²) in [6.07, 6.45) is 20.0. The molecule has 0 spiro atoms. The van der Waals surface area contributed by atoms with E-state index in [1.165, 1.54) is 0 Å². The van der Waals surface area contributed by atoms with E-state index in [9.17, 15) is 0 Å². The SMILES string of the molecule is C[Si](C)=[Hf]=[Si](C)C.Cl.Cl.[C-]1=CC=CC1.[C-]1=CC=CC1. The van der Waals surface area contributed by atoms with Crippen LogP contribution in [0.5, 0.6) is 0 Å². The van der Waals surface area contributed by atoms with Crippen LogP contribution < -0.4 is 0 Å². The maximum Gasteiger partial charge on any atom is -0.109 e. The molecule has 0 nitrogen and oxygen atoms in total. The van der Waals surface area contributed by atoms with Crippen LogP contribution in [0, 0.1) is 12.2 Å². The largest absolute Gasteiger partial charge is 0.273 e. The van der Waals surface area contributed by atoms with Crippen molar-refractivity contribution >= 4 is 35.8 Å². The van der Waals surface area contributed by atoms with Crippen molar-refractivity contribution in [1.29, 1.82) is 0 Å². The minimum absolute atomic E-state index is 0. The second-order valence-corrected chi connectivity index (χ2v) is 38.8. The van der Waals surface area contributed by atoms with Gasteiger partial charge in [-0.1, -0.05) is 0 Å². The molecule has 0 bridgehead atoms. The molecule has 2 aliphatic rings. The molecular formula is C14H24Cl2HfSi2-2. The fourth-order valence-electron chi connectivity index (χ4n) is 1.18. The van der Waals surface area contributed by atoms with Gasteiger partial charge >= 0.3 is 57.3 Å². The van der Waals surface area contributed by atoms with Gasteiger partial charge in [0.1, 0.15) is 0 Å². The Hall–Kier alpha value is 0.844. The Morgan fingerprint density at radius 3 is 1.21 bits per heavy atom.